The smallest absolute Gasteiger partial charge is 0.349 e. The molecule has 1 aromatic heterocycles. The van der Waals surface area contributed by atoms with Crippen molar-refractivity contribution in [1.82, 2.24) is 20.5 Å². The Bertz CT molecular complexity index is 470. The number of pyridine rings is 1. The molecule has 0 aliphatic carbocycles. The van der Waals surface area contributed by atoms with Gasteiger partial charge in [0.25, 0.3) is 5.91 Å². The van der Waals surface area contributed by atoms with Gasteiger partial charge in [-0.15, -0.1) is 24.8 Å². The molecule has 0 saturated carbocycles. The fraction of sp³-hybridized carbons (Fsp3) is 0.538. The first-order valence-electron chi connectivity index (χ1n) is 6.69. The lowest BCUT2D eigenvalue weighted by atomic mass is 10.2. The Labute approximate surface area is 144 Å². The monoisotopic (exact) mass is 374 g/mol. The van der Waals surface area contributed by atoms with Crippen LogP contribution in [0.15, 0.2) is 24.4 Å². The first-order chi connectivity index (χ1) is 9.98. The average Bonchev–Trinajstić information content (AvgIpc) is 2.48. The van der Waals surface area contributed by atoms with Crippen LogP contribution in [0, 0.1) is 0 Å². The molecule has 1 fully saturated rings. The van der Waals surface area contributed by atoms with Crippen LogP contribution in [0.1, 0.15) is 10.5 Å². The summed E-state index contributed by atoms with van der Waals surface area (Å²) >= 11 is 0. The first kappa shape index (κ1) is 21.9. The summed E-state index contributed by atoms with van der Waals surface area (Å²) in [5, 5.41) is 5.32. The summed E-state index contributed by atoms with van der Waals surface area (Å²) < 4.78 is 39.4. The van der Waals surface area contributed by atoms with Gasteiger partial charge in [0.05, 0.1) is 0 Å². The molecule has 1 atom stereocenters. The number of hydrogen-bond acceptors (Lipinski definition) is 4. The summed E-state index contributed by atoms with van der Waals surface area (Å²) in [6.07, 6.45) is -2.96. The minimum absolute atomic E-state index is 0. The fourth-order valence-corrected chi connectivity index (χ4v) is 2.22. The van der Waals surface area contributed by atoms with E-state index in [0.29, 0.717) is 26.2 Å². The second kappa shape index (κ2) is 9.92. The van der Waals surface area contributed by atoms with Crippen molar-refractivity contribution in [1.29, 1.82) is 0 Å². The highest BCUT2D eigenvalue weighted by Gasteiger charge is 2.43. The zero-order valence-corrected chi connectivity index (χ0v) is 13.8. The van der Waals surface area contributed by atoms with Crippen LogP contribution in [-0.4, -0.2) is 60.7 Å². The van der Waals surface area contributed by atoms with Gasteiger partial charge in [0.1, 0.15) is 11.7 Å². The highest BCUT2D eigenvalue weighted by molar-refractivity contribution is 5.92. The highest BCUT2D eigenvalue weighted by Crippen LogP contribution is 2.24. The average molecular weight is 375 g/mol. The van der Waals surface area contributed by atoms with Gasteiger partial charge in [0.15, 0.2) is 0 Å². The molecule has 1 aliphatic rings. The van der Waals surface area contributed by atoms with Gasteiger partial charge in [-0.2, -0.15) is 13.2 Å². The summed E-state index contributed by atoms with van der Waals surface area (Å²) in [5.74, 6) is -0.597. The van der Waals surface area contributed by atoms with Crippen molar-refractivity contribution in [2.45, 2.75) is 12.2 Å². The van der Waals surface area contributed by atoms with Crippen LogP contribution in [0.25, 0.3) is 0 Å². The Morgan fingerprint density at radius 3 is 2.48 bits per heavy atom. The minimum atomic E-state index is -4.38. The summed E-state index contributed by atoms with van der Waals surface area (Å²) in [5.41, 5.74) is 0.110. The lowest BCUT2D eigenvalue weighted by molar-refractivity contribution is -0.183. The molecule has 1 amide bonds. The maximum absolute atomic E-state index is 13.1. The number of alkyl halides is 3. The van der Waals surface area contributed by atoms with E-state index >= 15 is 0 Å². The van der Waals surface area contributed by atoms with Crippen molar-refractivity contribution >= 4 is 30.7 Å². The lowest BCUT2D eigenvalue weighted by Crippen LogP contribution is -2.57. The quantitative estimate of drug-likeness (QED) is 0.838. The van der Waals surface area contributed by atoms with Gasteiger partial charge in [-0.25, -0.2) is 0 Å². The minimum Gasteiger partial charge on any atom is -0.349 e. The van der Waals surface area contributed by atoms with Crippen molar-refractivity contribution < 1.29 is 18.0 Å². The zero-order chi connectivity index (χ0) is 15.3. The number of hydrogen-bond donors (Lipinski definition) is 2. The van der Waals surface area contributed by atoms with E-state index < -0.39 is 24.7 Å². The topological polar surface area (TPSA) is 57.3 Å². The van der Waals surface area contributed by atoms with Gasteiger partial charge in [0.2, 0.25) is 0 Å². The maximum Gasteiger partial charge on any atom is 0.405 e. The van der Waals surface area contributed by atoms with Crippen LogP contribution in [-0.2, 0) is 0 Å². The van der Waals surface area contributed by atoms with E-state index in [-0.39, 0.29) is 30.5 Å². The van der Waals surface area contributed by atoms with E-state index in [1.165, 1.54) is 17.2 Å². The van der Waals surface area contributed by atoms with Crippen LogP contribution >= 0.6 is 24.8 Å². The molecule has 1 unspecified atom stereocenters. The van der Waals surface area contributed by atoms with Crippen LogP contribution in [0.2, 0.25) is 0 Å². The Morgan fingerprint density at radius 2 is 1.96 bits per heavy atom. The molecule has 5 nitrogen and oxygen atoms in total. The third-order valence-electron chi connectivity index (χ3n) is 3.32. The second-order valence-electron chi connectivity index (χ2n) is 4.77. The molecule has 132 valence electrons. The van der Waals surface area contributed by atoms with E-state index in [2.05, 4.69) is 15.6 Å². The van der Waals surface area contributed by atoms with Gasteiger partial charge in [-0.3, -0.25) is 14.7 Å². The molecular formula is C13H19Cl2F3N4O. The molecule has 1 saturated heterocycles. The van der Waals surface area contributed by atoms with Crippen molar-refractivity contribution in [2.75, 3.05) is 32.7 Å². The van der Waals surface area contributed by atoms with Crippen molar-refractivity contribution in [3.05, 3.63) is 30.1 Å². The van der Waals surface area contributed by atoms with E-state index in [1.807, 2.05) is 0 Å². The van der Waals surface area contributed by atoms with Crippen molar-refractivity contribution in [3.63, 3.8) is 0 Å². The summed E-state index contributed by atoms with van der Waals surface area (Å²) in [6, 6.07) is 3.03. The standard InChI is InChI=1S/C13H17F3N4O.2ClH/c14-13(15,16)11(20-7-5-17-6-8-20)9-19-12(21)10-3-1-2-4-18-10;;/h1-4,11,17H,5-9H2,(H,19,21);2*1H. The van der Waals surface area contributed by atoms with E-state index in [0.717, 1.165) is 0 Å². The van der Waals surface area contributed by atoms with Gasteiger partial charge in [-0.05, 0) is 12.1 Å². The number of amides is 1. The lowest BCUT2D eigenvalue weighted by Gasteiger charge is -2.35. The summed E-state index contributed by atoms with van der Waals surface area (Å²) in [7, 11) is 0. The second-order valence-corrected chi connectivity index (χ2v) is 4.77. The van der Waals surface area contributed by atoms with Gasteiger partial charge >= 0.3 is 6.18 Å². The Kier molecular flexibility index (Phi) is 9.45. The molecule has 0 aromatic carbocycles. The first-order valence-corrected chi connectivity index (χ1v) is 6.69. The molecule has 2 N–H and O–H groups in total. The van der Waals surface area contributed by atoms with Crippen LogP contribution in [0.5, 0.6) is 0 Å². The third kappa shape index (κ3) is 6.50. The number of aromatic nitrogens is 1. The van der Waals surface area contributed by atoms with Gasteiger partial charge in [-0.1, -0.05) is 6.07 Å². The molecule has 23 heavy (non-hydrogen) atoms. The van der Waals surface area contributed by atoms with E-state index in [4.69, 9.17) is 0 Å². The van der Waals surface area contributed by atoms with Crippen LogP contribution in [0.3, 0.4) is 0 Å². The van der Waals surface area contributed by atoms with E-state index in [9.17, 15) is 18.0 Å². The predicted molar refractivity (Wildman–Crippen MR) is 85.4 cm³/mol. The number of nitrogens with one attached hydrogen (secondary N) is 2. The van der Waals surface area contributed by atoms with Gasteiger partial charge in [0, 0.05) is 38.9 Å². The third-order valence-corrected chi connectivity index (χ3v) is 3.32. The van der Waals surface area contributed by atoms with Crippen molar-refractivity contribution in [2.24, 2.45) is 0 Å². The Morgan fingerprint density at radius 1 is 1.30 bits per heavy atom. The number of carbonyl (C=O) groups is 1. The molecule has 1 aliphatic heterocycles. The zero-order valence-electron chi connectivity index (χ0n) is 12.2. The summed E-state index contributed by atoms with van der Waals surface area (Å²) in [6.45, 7) is 1.17. The van der Waals surface area contributed by atoms with Gasteiger partial charge < -0.3 is 10.6 Å². The normalized spacial score (nSPS) is 16.7. The number of carbonyl (C=O) groups excluding carboxylic acids is 1. The molecule has 2 rings (SSSR count). The molecule has 10 heteroatoms. The Balaban J connectivity index is 0.00000242. The number of halogens is 5. The fourth-order valence-electron chi connectivity index (χ4n) is 2.22. The number of rotatable bonds is 4. The Hall–Kier alpha value is -1.09. The molecule has 1 aromatic rings. The molecular weight excluding hydrogens is 356 g/mol. The van der Waals surface area contributed by atoms with Crippen molar-refractivity contribution in [3.8, 4) is 0 Å². The summed E-state index contributed by atoms with van der Waals surface area (Å²) in [4.78, 5) is 16.9. The number of piperazine rings is 1. The maximum atomic E-state index is 13.1. The van der Waals surface area contributed by atoms with Crippen LogP contribution < -0.4 is 10.6 Å². The molecule has 0 bridgehead atoms. The van der Waals surface area contributed by atoms with E-state index in [1.54, 1.807) is 12.1 Å². The van der Waals surface area contributed by atoms with Crippen LogP contribution in [0.4, 0.5) is 13.2 Å². The SMILES string of the molecule is Cl.Cl.O=C(NCC(N1CCNCC1)C(F)(F)F)c1ccccn1. The largest absolute Gasteiger partial charge is 0.405 e. The number of nitrogens with zero attached hydrogens (tertiary/aromatic N) is 2. The molecule has 0 spiro atoms. The highest BCUT2D eigenvalue weighted by atomic mass is 35.5. The predicted octanol–water partition coefficient (Wildman–Crippen LogP) is 1.49. The molecule has 2 heterocycles. The molecule has 0 radical (unpaired) electrons.